The minimum absolute atomic E-state index is 0.0108. The van der Waals surface area contributed by atoms with Crippen LogP contribution >= 0.6 is 0 Å². The van der Waals surface area contributed by atoms with Gasteiger partial charge in [0.1, 0.15) is 0 Å². The molecule has 0 aromatic carbocycles. The third-order valence-electron chi connectivity index (χ3n) is 4.26. The Bertz CT molecular complexity index is 384. The fourth-order valence-electron chi connectivity index (χ4n) is 2.90. The molecule has 1 fully saturated rings. The molecule has 102 valence electrons. The minimum atomic E-state index is 0.0108. The largest absolute Gasteiger partial charge is 0.324 e. The second kappa shape index (κ2) is 4.96. The van der Waals surface area contributed by atoms with Crippen molar-refractivity contribution in [2.24, 2.45) is 11.1 Å². The van der Waals surface area contributed by atoms with Crippen molar-refractivity contribution in [3.05, 3.63) is 5.82 Å². The quantitative estimate of drug-likeness (QED) is 0.875. The third kappa shape index (κ3) is 2.88. The SMILES string of the molecule is CC1(C)CCCC(C)(n2nnc(CN)n2)CCC1. The fourth-order valence-corrected chi connectivity index (χ4v) is 2.90. The van der Waals surface area contributed by atoms with Gasteiger partial charge in [-0.25, -0.2) is 0 Å². The van der Waals surface area contributed by atoms with Crippen molar-refractivity contribution >= 4 is 0 Å². The molecule has 0 bridgehead atoms. The highest BCUT2D eigenvalue weighted by atomic mass is 15.6. The lowest BCUT2D eigenvalue weighted by molar-refractivity contribution is 0.149. The van der Waals surface area contributed by atoms with Crippen LogP contribution in [0.15, 0.2) is 0 Å². The maximum atomic E-state index is 5.55. The first-order valence-electron chi connectivity index (χ1n) is 6.95. The standard InChI is InChI=1S/C13H25N5/c1-12(2)6-4-8-13(3,9-5-7-12)18-16-11(10-14)15-17-18/h4-10,14H2,1-3H3. The zero-order valence-electron chi connectivity index (χ0n) is 11.8. The summed E-state index contributed by atoms with van der Waals surface area (Å²) in [5.41, 5.74) is 6.05. The van der Waals surface area contributed by atoms with Crippen molar-refractivity contribution in [2.45, 2.75) is 71.4 Å². The lowest BCUT2D eigenvalue weighted by Gasteiger charge is -2.35. The highest BCUT2D eigenvalue weighted by Crippen LogP contribution is 2.38. The summed E-state index contributed by atoms with van der Waals surface area (Å²) in [6.07, 6.45) is 7.25. The average molecular weight is 251 g/mol. The predicted molar refractivity (Wildman–Crippen MR) is 70.8 cm³/mol. The Hall–Kier alpha value is -0.970. The molecule has 0 radical (unpaired) electrons. The van der Waals surface area contributed by atoms with Gasteiger partial charge in [-0.05, 0) is 43.2 Å². The smallest absolute Gasteiger partial charge is 0.188 e. The van der Waals surface area contributed by atoms with E-state index in [1.54, 1.807) is 4.80 Å². The summed E-state index contributed by atoms with van der Waals surface area (Å²) in [5, 5.41) is 12.6. The number of aromatic nitrogens is 4. The molecule has 0 unspecified atom stereocenters. The van der Waals surface area contributed by atoms with E-state index >= 15 is 0 Å². The monoisotopic (exact) mass is 251 g/mol. The summed E-state index contributed by atoms with van der Waals surface area (Å²) in [4.78, 5) is 1.80. The number of rotatable bonds is 2. The summed E-state index contributed by atoms with van der Waals surface area (Å²) in [6.45, 7) is 7.35. The topological polar surface area (TPSA) is 69.6 Å². The van der Waals surface area contributed by atoms with Crippen molar-refractivity contribution in [2.75, 3.05) is 0 Å². The molecule has 18 heavy (non-hydrogen) atoms. The number of tetrazole rings is 1. The summed E-state index contributed by atoms with van der Waals surface area (Å²) < 4.78 is 0. The molecule has 1 heterocycles. The van der Waals surface area contributed by atoms with Crippen LogP contribution in [0, 0.1) is 5.41 Å². The van der Waals surface area contributed by atoms with Gasteiger partial charge in [-0.3, -0.25) is 0 Å². The van der Waals surface area contributed by atoms with E-state index < -0.39 is 0 Å². The van der Waals surface area contributed by atoms with Gasteiger partial charge in [0.15, 0.2) is 5.82 Å². The molecule has 2 rings (SSSR count). The van der Waals surface area contributed by atoms with E-state index in [0.29, 0.717) is 17.8 Å². The van der Waals surface area contributed by atoms with E-state index in [-0.39, 0.29) is 5.54 Å². The van der Waals surface area contributed by atoms with Gasteiger partial charge < -0.3 is 5.73 Å². The average Bonchev–Trinajstić information content (AvgIpc) is 2.75. The van der Waals surface area contributed by atoms with E-state index in [0.717, 1.165) is 12.8 Å². The Kier molecular flexibility index (Phi) is 3.71. The molecule has 2 N–H and O–H groups in total. The summed E-state index contributed by atoms with van der Waals surface area (Å²) in [7, 11) is 0. The molecule has 1 saturated carbocycles. The lowest BCUT2D eigenvalue weighted by Crippen LogP contribution is -2.34. The Morgan fingerprint density at radius 3 is 2.22 bits per heavy atom. The Labute approximate surface area is 109 Å². The van der Waals surface area contributed by atoms with Crippen LogP contribution in [-0.4, -0.2) is 20.2 Å². The Morgan fingerprint density at radius 2 is 1.72 bits per heavy atom. The normalized spacial score (nSPS) is 23.3. The Morgan fingerprint density at radius 1 is 1.11 bits per heavy atom. The first kappa shape index (κ1) is 13.5. The molecule has 0 atom stereocenters. The molecule has 1 aliphatic carbocycles. The molecular weight excluding hydrogens is 226 g/mol. The van der Waals surface area contributed by atoms with Crippen LogP contribution in [0.2, 0.25) is 0 Å². The van der Waals surface area contributed by atoms with Crippen LogP contribution < -0.4 is 5.73 Å². The zero-order chi connectivity index (χ0) is 13.2. The molecule has 0 spiro atoms. The first-order valence-corrected chi connectivity index (χ1v) is 6.95. The van der Waals surface area contributed by atoms with E-state index in [1.165, 1.54) is 25.7 Å². The van der Waals surface area contributed by atoms with Crippen molar-refractivity contribution in [1.82, 2.24) is 20.2 Å². The highest BCUT2D eigenvalue weighted by molar-refractivity contribution is 4.85. The predicted octanol–water partition coefficient (Wildman–Crippen LogP) is 2.23. The van der Waals surface area contributed by atoms with Crippen molar-refractivity contribution in [3.63, 3.8) is 0 Å². The minimum Gasteiger partial charge on any atom is -0.324 e. The highest BCUT2D eigenvalue weighted by Gasteiger charge is 2.32. The second-order valence-corrected chi connectivity index (χ2v) is 6.57. The van der Waals surface area contributed by atoms with Crippen LogP contribution in [0.4, 0.5) is 0 Å². The van der Waals surface area contributed by atoms with E-state index in [9.17, 15) is 0 Å². The fraction of sp³-hybridized carbons (Fsp3) is 0.923. The van der Waals surface area contributed by atoms with Crippen LogP contribution in [0.5, 0.6) is 0 Å². The zero-order valence-corrected chi connectivity index (χ0v) is 11.8. The first-order chi connectivity index (χ1) is 8.45. The van der Waals surface area contributed by atoms with E-state index in [1.807, 2.05) is 0 Å². The van der Waals surface area contributed by atoms with Gasteiger partial charge in [0, 0.05) is 0 Å². The number of hydrogen-bond donors (Lipinski definition) is 1. The third-order valence-corrected chi connectivity index (χ3v) is 4.26. The van der Waals surface area contributed by atoms with Gasteiger partial charge in [0.25, 0.3) is 0 Å². The van der Waals surface area contributed by atoms with Gasteiger partial charge in [0.05, 0.1) is 12.1 Å². The molecule has 1 aromatic heterocycles. The van der Waals surface area contributed by atoms with Gasteiger partial charge in [-0.15, -0.1) is 10.2 Å². The van der Waals surface area contributed by atoms with Gasteiger partial charge >= 0.3 is 0 Å². The van der Waals surface area contributed by atoms with Crippen LogP contribution in [0.3, 0.4) is 0 Å². The molecule has 0 amide bonds. The van der Waals surface area contributed by atoms with Crippen molar-refractivity contribution in [1.29, 1.82) is 0 Å². The lowest BCUT2D eigenvalue weighted by atomic mass is 9.75. The summed E-state index contributed by atoms with van der Waals surface area (Å²) in [6, 6.07) is 0. The molecule has 5 heteroatoms. The molecule has 0 aliphatic heterocycles. The van der Waals surface area contributed by atoms with Crippen LogP contribution in [-0.2, 0) is 12.1 Å². The van der Waals surface area contributed by atoms with Gasteiger partial charge in [-0.1, -0.05) is 26.7 Å². The number of hydrogen-bond acceptors (Lipinski definition) is 4. The van der Waals surface area contributed by atoms with Crippen molar-refractivity contribution in [3.8, 4) is 0 Å². The van der Waals surface area contributed by atoms with E-state index in [2.05, 4.69) is 36.2 Å². The molecule has 1 aromatic rings. The maximum Gasteiger partial charge on any atom is 0.188 e. The second-order valence-electron chi connectivity index (χ2n) is 6.57. The van der Waals surface area contributed by atoms with Crippen LogP contribution in [0.1, 0.15) is 65.1 Å². The molecule has 1 aliphatic rings. The van der Waals surface area contributed by atoms with Gasteiger partial charge in [-0.2, -0.15) is 4.80 Å². The van der Waals surface area contributed by atoms with Gasteiger partial charge in [0.2, 0.25) is 0 Å². The number of nitrogens with two attached hydrogens (primary N) is 1. The van der Waals surface area contributed by atoms with Crippen molar-refractivity contribution < 1.29 is 0 Å². The molecule has 0 saturated heterocycles. The number of nitrogens with zero attached hydrogens (tertiary/aromatic N) is 4. The summed E-state index contributed by atoms with van der Waals surface area (Å²) >= 11 is 0. The Balaban J connectivity index is 2.11. The maximum absolute atomic E-state index is 5.55. The van der Waals surface area contributed by atoms with E-state index in [4.69, 9.17) is 5.73 Å². The molecule has 5 nitrogen and oxygen atoms in total. The molecular formula is C13H25N5. The summed E-state index contributed by atoms with van der Waals surface area (Å²) in [5.74, 6) is 0.638. The van der Waals surface area contributed by atoms with Crippen LogP contribution in [0.25, 0.3) is 0 Å².